The van der Waals surface area contributed by atoms with Gasteiger partial charge in [-0.05, 0) is 31.4 Å². The van der Waals surface area contributed by atoms with Crippen molar-refractivity contribution in [3.8, 4) is 0 Å². The van der Waals surface area contributed by atoms with E-state index >= 15 is 0 Å². The smallest absolute Gasteiger partial charge is 0.0672 e. The highest BCUT2D eigenvalue weighted by Crippen LogP contribution is 2.34. The molecule has 1 fully saturated rings. The van der Waals surface area contributed by atoms with Crippen molar-refractivity contribution in [2.75, 3.05) is 18.0 Å². The SMILES string of the molecule is Clc1ccc2[nH]ncc2c1N1CCCCC1. The number of hydrogen-bond donors (Lipinski definition) is 1. The van der Waals surface area contributed by atoms with E-state index in [1.54, 1.807) is 0 Å². The second-order valence-electron chi connectivity index (χ2n) is 4.27. The van der Waals surface area contributed by atoms with Gasteiger partial charge in [-0.15, -0.1) is 0 Å². The molecule has 1 aromatic carbocycles. The van der Waals surface area contributed by atoms with Crippen LogP contribution >= 0.6 is 11.6 Å². The third-order valence-electron chi connectivity index (χ3n) is 3.22. The second-order valence-corrected chi connectivity index (χ2v) is 4.68. The van der Waals surface area contributed by atoms with Crippen LogP contribution in [0.2, 0.25) is 5.02 Å². The maximum Gasteiger partial charge on any atom is 0.0672 e. The van der Waals surface area contributed by atoms with Gasteiger partial charge in [-0.2, -0.15) is 5.10 Å². The lowest BCUT2D eigenvalue weighted by atomic mass is 10.1. The average molecular weight is 236 g/mol. The quantitative estimate of drug-likeness (QED) is 0.823. The summed E-state index contributed by atoms with van der Waals surface area (Å²) in [5, 5.41) is 9.04. The fourth-order valence-corrected chi connectivity index (χ4v) is 2.70. The molecule has 16 heavy (non-hydrogen) atoms. The minimum atomic E-state index is 0.829. The van der Waals surface area contributed by atoms with E-state index in [1.165, 1.54) is 19.3 Å². The van der Waals surface area contributed by atoms with Crippen molar-refractivity contribution in [3.63, 3.8) is 0 Å². The monoisotopic (exact) mass is 235 g/mol. The van der Waals surface area contributed by atoms with Crippen molar-refractivity contribution in [1.29, 1.82) is 0 Å². The molecular formula is C12H14ClN3. The molecule has 0 unspecified atom stereocenters. The Labute approximate surface area is 99.4 Å². The highest BCUT2D eigenvalue weighted by molar-refractivity contribution is 6.34. The van der Waals surface area contributed by atoms with Gasteiger partial charge in [0.25, 0.3) is 0 Å². The first kappa shape index (κ1) is 9.97. The van der Waals surface area contributed by atoms with Crippen LogP contribution in [0.3, 0.4) is 0 Å². The number of halogens is 1. The lowest BCUT2D eigenvalue weighted by Crippen LogP contribution is -2.29. The summed E-state index contributed by atoms with van der Waals surface area (Å²) in [4.78, 5) is 2.38. The predicted octanol–water partition coefficient (Wildman–Crippen LogP) is 3.21. The number of aromatic amines is 1. The lowest BCUT2D eigenvalue weighted by molar-refractivity contribution is 0.579. The lowest BCUT2D eigenvalue weighted by Gasteiger charge is -2.30. The fraction of sp³-hybridized carbons (Fsp3) is 0.417. The molecule has 0 radical (unpaired) electrons. The largest absolute Gasteiger partial charge is 0.370 e. The number of aromatic nitrogens is 2. The Morgan fingerprint density at radius 1 is 1.19 bits per heavy atom. The van der Waals surface area contributed by atoms with E-state index in [2.05, 4.69) is 15.1 Å². The minimum Gasteiger partial charge on any atom is -0.370 e. The molecule has 0 atom stereocenters. The van der Waals surface area contributed by atoms with E-state index in [0.29, 0.717) is 0 Å². The molecule has 2 aromatic rings. The molecule has 1 N–H and O–H groups in total. The normalized spacial score (nSPS) is 16.9. The zero-order valence-corrected chi connectivity index (χ0v) is 9.80. The Hall–Kier alpha value is -1.22. The van der Waals surface area contributed by atoms with E-state index in [1.807, 2.05) is 18.3 Å². The molecule has 0 amide bonds. The van der Waals surface area contributed by atoms with E-state index in [0.717, 1.165) is 34.7 Å². The molecule has 3 rings (SSSR count). The summed E-state index contributed by atoms with van der Waals surface area (Å²) in [5.74, 6) is 0. The van der Waals surface area contributed by atoms with Crippen molar-refractivity contribution in [1.82, 2.24) is 10.2 Å². The standard InChI is InChI=1S/C12H14ClN3/c13-10-4-5-11-9(8-14-15-11)12(10)16-6-2-1-3-7-16/h4-5,8H,1-3,6-7H2,(H,14,15). The van der Waals surface area contributed by atoms with Crippen LogP contribution in [0.4, 0.5) is 5.69 Å². The van der Waals surface area contributed by atoms with Gasteiger partial charge in [0.1, 0.15) is 0 Å². The summed E-state index contributed by atoms with van der Waals surface area (Å²) in [5.41, 5.74) is 2.21. The summed E-state index contributed by atoms with van der Waals surface area (Å²) < 4.78 is 0. The predicted molar refractivity (Wildman–Crippen MR) is 67.2 cm³/mol. The molecule has 0 aliphatic carbocycles. The zero-order valence-electron chi connectivity index (χ0n) is 9.04. The molecule has 0 spiro atoms. The molecule has 1 aliphatic rings. The highest BCUT2D eigenvalue weighted by Gasteiger charge is 2.17. The minimum absolute atomic E-state index is 0.829. The Morgan fingerprint density at radius 2 is 2.00 bits per heavy atom. The van der Waals surface area contributed by atoms with Gasteiger partial charge < -0.3 is 4.90 Å². The van der Waals surface area contributed by atoms with Crippen molar-refractivity contribution in [2.24, 2.45) is 0 Å². The van der Waals surface area contributed by atoms with Gasteiger partial charge in [-0.25, -0.2) is 0 Å². The highest BCUT2D eigenvalue weighted by atomic mass is 35.5. The van der Waals surface area contributed by atoms with Gasteiger partial charge in [0.15, 0.2) is 0 Å². The number of H-pyrrole nitrogens is 1. The van der Waals surface area contributed by atoms with Gasteiger partial charge in [0, 0.05) is 18.5 Å². The van der Waals surface area contributed by atoms with Gasteiger partial charge in [-0.1, -0.05) is 11.6 Å². The summed E-state index contributed by atoms with van der Waals surface area (Å²) >= 11 is 6.31. The molecule has 84 valence electrons. The fourth-order valence-electron chi connectivity index (χ4n) is 2.41. The molecule has 0 bridgehead atoms. The number of piperidine rings is 1. The van der Waals surface area contributed by atoms with Crippen molar-refractivity contribution >= 4 is 28.2 Å². The summed E-state index contributed by atoms with van der Waals surface area (Å²) in [6.45, 7) is 2.20. The Bertz CT molecular complexity index is 500. The van der Waals surface area contributed by atoms with Crippen LogP contribution in [0.15, 0.2) is 18.3 Å². The van der Waals surface area contributed by atoms with E-state index in [4.69, 9.17) is 11.6 Å². The van der Waals surface area contributed by atoms with E-state index < -0.39 is 0 Å². The molecule has 1 saturated heterocycles. The molecule has 1 aromatic heterocycles. The molecule has 3 nitrogen and oxygen atoms in total. The van der Waals surface area contributed by atoms with Gasteiger partial charge in [0.2, 0.25) is 0 Å². The first-order valence-electron chi connectivity index (χ1n) is 5.73. The van der Waals surface area contributed by atoms with Crippen LogP contribution < -0.4 is 4.90 Å². The summed E-state index contributed by atoms with van der Waals surface area (Å²) in [6, 6.07) is 3.93. The summed E-state index contributed by atoms with van der Waals surface area (Å²) in [6.07, 6.45) is 5.70. The van der Waals surface area contributed by atoms with Crippen LogP contribution in [0.25, 0.3) is 10.9 Å². The van der Waals surface area contributed by atoms with Crippen LogP contribution in [0.1, 0.15) is 19.3 Å². The van der Waals surface area contributed by atoms with Gasteiger partial charge >= 0.3 is 0 Å². The third-order valence-corrected chi connectivity index (χ3v) is 3.52. The second kappa shape index (κ2) is 3.98. The number of nitrogens with zero attached hydrogens (tertiary/aromatic N) is 2. The number of rotatable bonds is 1. The molecule has 1 aliphatic heterocycles. The number of anilines is 1. The Morgan fingerprint density at radius 3 is 2.81 bits per heavy atom. The van der Waals surface area contributed by atoms with Crippen molar-refractivity contribution < 1.29 is 0 Å². The first-order chi connectivity index (χ1) is 7.86. The van der Waals surface area contributed by atoms with Crippen LogP contribution in [0, 0.1) is 0 Å². The van der Waals surface area contributed by atoms with Crippen molar-refractivity contribution in [2.45, 2.75) is 19.3 Å². The number of hydrogen-bond acceptors (Lipinski definition) is 2. The molecular weight excluding hydrogens is 222 g/mol. The summed E-state index contributed by atoms with van der Waals surface area (Å²) in [7, 11) is 0. The average Bonchev–Trinajstić information content (AvgIpc) is 2.78. The van der Waals surface area contributed by atoms with Crippen LogP contribution in [0.5, 0.6) is 0 Å². The van der Waals surface area contributed by atoms with E-state index in [9.17, 15) is 0 Å². The van der Waals surface area contributed by atoms with Crippen molar-refractivity contribution in [3.05, 3.63) is 23.4 Å². The number of benzene rings is 1. The molecule has 0 saturated carbocycles. The maximum absolute atomic E-state index is 6.31. The third kappa shape index (κ3) is 1.55. The first-order valence-corrected chi connectivity index (χ1v) is 6.10. The van der Waals surface area contributed by atoms with Crippen LogP contribution in [-0.2, 0) is 0 Å². The molecule has 2 heterocycles. The van der Waals surface area contributed by atoms with Gasteiger partial charge in [0.05, 0.1) is 22.4 Å². The number of fused-ring (bicyclic) bond motifs is 1. The molecule has 4 heteroatoms. The van der Waals surface area contributed by atoms with Crippen LogP contribution in [-0.4, -0.2) is 23.3 Å². The van der Waals surface area contributed by atoms with Gasteiger partial charge in [-0.3, -0.25) is 5.10 Å². The maximum atomic E-state index is 6.31. The topological polar surface area (TPSA) is 31.9 Å². The van der Waals surface area contributed by atoms with E-state index in [-0.39, 0.29) is 0 Å². The Balaban J connectivity index is 2.12. The Kier molecular flexibility index (Phi) is 2.48. The zero-order chi connectivity index (χ0) is 11.0. The number of nitrogens with one attached hydrogen (secondary N) is 1.